The SMILES string of the molecule is CCn1ccc(-c2cncc(C(F)(F)F)c2)n1. The molecule has 0 saturated heterocycles. The second-order valence-corrected chi connectivity index (χ2v) is 3.52. The quantitative estimate of drug-likeness (QED) is 0.809. The van der Waals surface area contributed by atoms with Gasteiger partial charge in [-0.2, -0.15) is 18.3 Å². The molecule has 6 heteroatoms. The third kappa shape index (κ3) is 2.46. The topological polar surface area (TPSA) is 30.7 Å². The summed E-state index contributed by atoms with van der Waals surface area (Å²) in [5.41, 5.74) is 0.0959. The number of aryl methyl sites for hydroxylation is 1. The first-order valence-corrected chi connectivity index (χ1v) is 5.07. The zero-order valence-electron chi connectivity index (χ0n) is 9.07. The number of aromatic nitrogens is 3. The number of alkyl halides is 3. The number of hydrogen-bond acceptors (Lipinski definition) is 2. The van der Waals surface area contributed by atoms with E-state index in [4.69, 9.17) is 0 Å². The molecule has 0 N–H and O–H groups in total. The van der Waals surface area contributed by atoms with Crippen molar-refractivity contribution in [3.63, 3.8) is 0 Å². The van der Waals surface area contributed by atoms with Gasteiger partial charge in [0, 0.05) is 30.7 Å². The molecule has 0 spiro atoms. The summed E-state index contributed by atoms with van der Waals surface area (Å²) >= 11 is 0. The van der Waals surface area contributed by atoms with Gasteiger partial charge in [0.15, 0.2) is 0 Å². The minimum Gasteiger partial charge on any atom is -0.272 e. The van der Waals surface area contributed by atoms with Crippen molar-refractivity contribution in [3.8, 4) is 11.3 Å². The summed E-state index contributed by atoms with van der Waals surface area (Å²) in [5, 5.41) is 4.13. The first-order chi connectivity index (χ1) is 8.00. The number of pyridine rings is 1. The number of halogens is 3. The van der Waals surface area contributed by atoms with Crippen LogP contribution in [0.5, 0.6) is 0 Å². The maximum absolute atomic E-state index is 12.5. The summed E-state index contributed by atoms with van der Waals surface area (Å²) < 4.78 is 39.1. The number of hydrogen-bond donors (Lipinski definition) is 0. The fourth-order valence-corrected chi connectivity index (χ4v) is 1.43. The zero-order valence-corrected chi connectivity index (χ0v) is 9.07. The average Bonchev–Trinajstić information content (AvgIpc) is 2.76. The van der Waals surface area contributed by atoms with Crippen molar-refractivity contribution in [2.75, 3.05) is 0 Å². The summed E-state index contributed by atoms with van der Waals surface area (Å²) in [4.78, 5) is 3.59. The van der Waals surface area contributed by atoms with Crippen LogP contribution < -0.4 is 0 Å². The molecule has 2 heterocycles. The molecule has 0 unspecified atom stereocenters. The van der Waals surface area contributed by atoms with Crippen LogP contribution in [0.15, 0.2) is 30.7 Å². The molecular formula is C11H10F3N3. The Morgan fingerprint density at radius 3 is 2.65 bits per heavy atom. The molecule has 0 bridgehead atoms. The lowest BCUT2D eigenvalue weighted by atomic mass is 10.1. The van der Waals surface area contributed by atoms with Crippen LogP contribution in [0.3, 0.4) is 0 Å². The van der Waals surface area contributed by atoms with Crippen molar-refractivity contribution in [1.82, 2.24) is 14.8 Å². The normalized spacial score (nSPS) is 11.8. The van der Waals surface area contributed by atoms with Crippen LogP contribution in [0.25, 0.3) is 11.3 Å². The lowest BCUT2D eigenvalue weighted by molar-refractivity contribution is -0.137. The third-order valence-corrected chi connectivity index (χ3v) is 2.33. The van der Waals surface area contributed by atoms with Crippen LogP contribution in [-0.4, -0.2) is 14.8 Å². The molecule has 2 aromatic heterocycles. The molecule has 0 aromatic carbocycles. The molecule has 0 atom stereocenters. The predicted molar refractivity (Wildman–Crippen MR) is 56.1 cm³/mol. The van der Waals surface area contributed by atoms with Gasteiger partial charge >= 0.3 is 6.18 Å². The molecule has 0 aliphatic heterocycles. The van der Waals surface area contributed by atoms with Gasteiger partial charge < -0.3 is 0 Å². The molecule has 0 aliphatic rings. The minimum absolute atomic E-state index is 0.368. The molecule has 2 rings (SSSR count). The van der Waals surface area contributed by atoms with Gasteiger partial charge in [0.25, 0.3) is 0 Å². The van der Waals surface area contributed by atoms with Gasteiger partial charge in [-0.15, -0.1) is 0 Å². The highest BCUT2D eigenvalue weighted by Crippen LogP contribution is 2.30. The maximum Gasteiger partial charge on any atom is 0.417 e. The van der Waals surface area contributed by atoms with Gasteiger partial charge in [-0.05, 0) is 19.1 Å². The Labute approximate surface area is 95.9 Å². The van der Waals surface area contributed by atoms with Crippen molar-refractivity contribution in [2.24, 2.45) is 0 Å². The Morgan fingerprint density at radius 1 is 1.29 bits per heavy atom. The summed E-state index contributed by atoms with van der Waals surface area (Å²) in [7, 11) is 0. The van der Waals surface area contributed by atoms with E-state index in [0.717, 1.165) is 12.3 Å². The van der Waals surface area contributed by atoms with Gasteiger partial charge in [0.2, 0.25) is 0 Å². The molecule has 0 saturated carbocycles. The fourth-order valence-electron chi connectivity index (χ4n) is 1.43. The van der Waals surface area contributed by atoms with Crippen molar-refractivity contribution < 1.29 is 13.2 Å². The van der Waals surface area contributed by atoms with Crippen molar-refractivity contribution in [1.29, 1.82) is 0 Å². The molecule has 0 fully saturated rings. The Hall–Kier alpha value is -1.85. The summed E-state index contributed by atoms with van der Waals surface area (Å²) in [5.74, 6) is 0. The highest BCUT2D eigenvalue weighted by molar-refractivity contribution is 5.58. The first-order valence-electron chi connectivity index (χ1n) is 5.07. The van der Waals surface area contributed by atoms with Crippen LogP contribution in [0.2, 0.25) is 0 Å². The van der Waals surface area contributed by atoms with E-state index in [2.05, 4.69) is 10.1 Å². The van der Waals surface area contributed by atoms with Crippen LogP contribution in [0.1, 0.15) is 12.5 Å². The fraction of sp³-hybridized carbons (Fsp3) is 0.273. The van der Waals surface area contributed by atoms with Crippen LogP contribution in [0, 0.1) is 0 Å². The van der Waals surface area contributed by atoms with Gasteiger partial charge in [0.05, 0.1) is 11.3 Å². The largest absolute Gasteiger partial charge is 0.417 e. The van der Waals surface area contributed by atoms with Crippen molar-refractivity contribution in [2.45, 2.75) is 19.6 Å². The lowest BCUT2D eigenvalue weighted by Crippen LogP contribution is -2.05. The zero-order chi connectivity index (χ0) is 12.5. The number of rotatable bonds is 2. The summed E-state index contributed by atoms with van der Waals surface area (Å²) in [6.45, 7) is 2.58. The Kier molecular flexibility index (Phi) is 2.87. The second kappa shape index (κ2) is 4.20. The maximum atomic E-state index is 12.5. The molecule has 90 valence electrons. The van der Waals surface area contributed by atoms with Crippen molar-refractivity contribution >= 4 is 0 Å². The molecule has 17 heavy (non-hydrogen) atoms. The number of nitrogens with zero attached hydrogens (tertiary/aromatic N) is 3. The predicted octanol–water partition coefficient (Wildman–Crippen LogP) is 2.98. The summed E-state index contributed by atoms with van der Waals surface area (Å²) in [6.07, 6.45) is -0.482. The van der Waals surface area contributed by atoms with Crippen LogP contribution >= 0.6 is 0 Å². The van der Waals surface area contributed by atoms with Gasteiger partial charge in [-0.1, -0.05) is 0 Å². The first kappa shape index (κ1) is 11.6. The molecule has 0 amide bonds. The van der Waals surface area contributed by atoms with E-state index in [1.54, 1.807) is 16.9 Å². The monoisotopic (exact) mass is 241 g/mol. The molecular weight excluding hydrogens is 231 g/mol. The van der Waals surface area contributed by atoms with E-state index < -0.39 is 11.7 Å². The Morgan fingerprint density at radius 2 is 2.06 bits per heavy atom. The standard InChI is InChI=1S/C11H10F3N3/c1-2-17-4-3-10(16-17)8-5-9(7-15-6-8)11(12,13)14/h3-7H,2H2,1H3. The van der Waals surface area contributed by atoms with E-state index in [-0.39, 0.29) is 0 Å². The highest BCUT2D eigenvalue weighted by Gasteiger charge is 2.31. The Bertz CT molecular complexity index is 517. The van der Waals surface area contributed by atoms with Crippen LogP contribution in [-0.2, 0) is 12.7 Å². The van der Waals surface area contributed by atoms with Gasteiger partial charge in [-0.25, -0.2) is 0 Å². The average molecular weight is 241 g/mol. The molecule has 0 aliphatic carbocycles. The third-order valence-electron chi connectivity index (χ3n) is 2.33. The van der Waals surface area contributed by atoms with Gasteiger partial charge in [0.1, 0.15) is 0 Å². The lowest BCUT2D eigenvalue weighted by Gasteiger charge is -2.06. The molecule has 2 aromatic rings. The molecule has 3 nitrogen and oxygen atoms in total. The van der Waals surface area contributed by atoms with E-state index in [1.165, 1.54) is 6.20 Å². The second-order valence-electron chi connectivity index (χ2n) is 3.52. The highest BCUT2D eigenvalue weighted by atomic mass is 19.4. The van der Waals surface area contributed by atoms with Crippen molar-refractivity contribution in [3.05, 3.63) is 36.3 Å². The van der Waals surface area contributed by atoms with E-state index in [9.17, 15) is 13.2 Å². The summed E-state index contributed by atoms with van der Waals surface area (Å²) in [6, 6.07) is 2.72. The smallest absolute Gasteiger partial charge is 0.272 e. The van der Waals surface area contributed by atoms with E-state index >= 15 is 0 Å². The van der Waals surface area contributed by atoms with E-state index in [0.29, 0.717) is 17.8 Å². The minimum atomic E-state index is -4.38. The van der Waals surface area contributed by atoms with Crippen LogP contribution in [0.4, 0.5) is 13.2 Å². The van der Waals surface area contributed by atoms with E-state index in [1.807, 2.05) is 6.92 Å². The Balaban J connectivity index is 2.39. The van der Waals surface area contributed by atoms with Gasteiger partial charge in [-0.3, -0.25) is 9.67 Å². The molecule has 0 radical (unpaired) electrons.